The number of nitrogens with zero attached hydrogens (tertiary/aromatic N) is 3. The zero-order valence-electron chi connectivity index (χ0n) is 15.7. The Morgan fingerprint density at radius 2 is 1.75 bits per heavy atom. The number of hydrogen-bond donors (Lipinski definition) is 0. The van der Waals surface area contributed by atoms with Crippen LogP contribution in [0.4, 0.5) is 0 Å². The Morgan fingerprint density at radius 3 is 2.43 bits per heavy atom. The first-order valence-electron chi connectivity index (χ1n) is 9.57. The van der Waals surface area contributed by atoms with Gasteiger partial charge in [0.2, 0.25) is 0 Å². The highest BCUT2D eigenvalue weighted by atomic mass is 35.5. The molecule has 28 heavy (non-hydrogen) atoms. The first kappa shape index (κ1) is 19.2. The molecular weight excluding hydrogens is 390 g/mol. The molecule has 1 atom stereocenters. The van der Waals surface area contributed by atoms with E-state index in [1.807, 2.05) is 54.6 Å². The maximum absolute atomic E-state index is 12.4. The van der Waals surface area contributed by atoms with Gasteiger partial charge >= 0.3 is 0 Å². The average Bonchev–Trinajstić information content (AvgIpc) is 3.36. The number of benzene rings is 2. The average molecular weight is 412 g/mol. The summed E-state index contributed by atoms with van der Waals surface area (Å²) in [4.78, 5) is 12.4. The van der Waals surface area contributed by atoms with E-state index in [4.69, 9.17) is 11.6 Å². The normalized spacial score (nSPS) is 15.6. The number of hydrogen-bond acceptors (Lipinski definition) is 4. The van der Waals surface area contributed by atoms with E-state index >= 15 is 0 Å². The van der Waals surface area contributed by atoms with Gasteiger partial charge in [-0.25, -0.2) is 0 Å². The van der Waals surface area contributed by atoms with Crippen molar-refractivity contribution in [1.29, 1.82) is 0 Å². The number of halogens is 1. The summed E-state index contributed by atoms with van der Waals surface area (Å²) in [5.74, 6) is 0.895. The number of ketones is 1. The molecule has 1 aliphatic carbocycles. The molecule has 1 fully saturated rings. The Kier molecular flexibility index (Phi) is 5.83. The van der Waals surface area contributed by atoms with E-state index in [0.29, 0.717) is 11.1 Å². The van der Waals surface area contributed by atoms with Crippen molar-refractivity contribution in [1.82, 2.24) is 14.8 Å². The van der Waals surface area contributed by atoms with Gasteiger partial charge < -0.3 is 0 Å². The Morgan fingerprint density at radius 1 is 1.07 bits per heavy atom. The molecule has 1 aromatic heterocycles. The van der Waals surface area contributed by atoms with E-state index < -0.39 is 0 Å². The first-order chi connectivity index (χ1) is 13.6. The zero-order chi connectivity index (χ0) is 19.5. The highest BCUT2D eigenvalue weighted by Gasteiger charge is 2.28. The summed E-state index contributed by atoms with van der Waals surface area (Å²) >= 11 is 7.94. The maximum atomic E-state index is 12.4. The van der Waals surface area contributed by atoms with Gasteiger partial charge in [-0.3, -0.25) is 9.36 Å². The Hall–Kier alpha value is -2.11. The number of thioether (sulfide) groups is 1. The fourth-order valence-electron chi connectivity index (χ4n) is 3.79. The molecular formula is C22H22ClN3OS. The van der Waals surface area contributed by atoms with Crippen molar-refractivity contribution in [3.63, 3.8) is 0 Å². The number of carbonyl (C=O) groups excluding carboxylic acids is 1. The Labute approximate surface area is 174 Å². The number of Topliss-reactive ketones (excluding diaryl/α,β-unsaturated/α-hetero) is 1. The monoisotopic (exact) mass is 411 g/mol. The molecule has 0 unspecified atom stereocenters. The molecule has 0 saturated heterocycles. The molecule has 0 N–H and O–H groups in total. The predicted molar refractivity (Wildman–Crippen MR) is 114 cm³/mol. The van der Waals surface area contributed by atoms with Crippen LogP contribution in [0.15, 0.2) is 59.8 Å². The topological polar surface area (TPSA) is 47.8 Å². The van der Waals surface area contributed by atoms with Crippen molar-refractivity contribution in [2.75, 3.05) is 0 Å². The molecule has 0 amide bonds. The van der Waals surface area contributed by atoms with Gasteiger partial charge in [0.1, 0.15) is 5.78 Å². The van der Waals surface area contributed by atoms with Gasteiger partial charge in [0.25, 0.3) is 0 Å². The van der Waals surface area contributed by atoms with Crippen LogP contribution < -0.4 is 0 Å². The molecule has 3 aromatic rings. The quantitative estimate of drug-likeness (QED) is 0.457. The summed E-state index contributed by atoms with van der Waals surface area (Å²) in [5, 5.41) is 10.1. The van der Waals surface area contributed by atoms with E-state index in [1.165, 1.54) is 24.6 Å². The minimum absolute atomic E-state index is 0.108. The number of aromatic nitrogens is 3. The molecule has 6 heteroatoms. The molecule has 1 heterocycles. The van der Waals surface area contributed by atoms with E-state index in [1.54, 1.807) is 6.92 Å². The summed E-state index contributed by atoms with van der Waals surface area (Å²) in [6.45, 7) is 1.63. The fraction of sp³-hybridized carbons (Fsp3) is 0.318. The van der Waals surface area contributed by atoms with Gasteiger partial charge in [0.15, 0.2) is 11.0 Å². The zero-order valence-corrected chi connectivity index (χ0v) is 17.3. The Balaban J connectivity index is 1.76. The van der Waals surface area contributed by atoms with Crippen LogP contribution in [0.1, 0.15) is 49.5 Å². The van der Waals surface area contributed by atoms with Crippen molar-refractivity contribution in [2.24, 2.45) is 0 Å². The van der Waals surface area contributed by atoms with E-state index in [2.05, 4.69) is 14.8 Å². The standard InChI is InChI=1S/C22H22ClN3OS/c1-15(27)20(16-9-3-2-4-10-16)28-22-25-24-21(18-13-7-8-14-19(18)23)26(22)17-11-5-6-12-17/h2-4,7-10,13-14,17,20H,5-6,11-12H2,1H3/t20-/m1/s1. The second-order valence-electron chi connectivity index (χ2n) is 7.11. The van der Waals surface area contributed by atoms with E-state index in [9.17, 15) is 4.79 Å². The lowest BCUT2D eigenvalue weighted by Crippen LogP contribution is -2.11. The summed E-state index contributed by atoms with van der Waals surface area (Å²) in [6.07, 6.45) is 4.59. The van der Waals surface area contributed by atoms with Crippen molar-refractivity contribution in [3.05, 3.63) is 65.2 Å². The van der Waals surface area contributed by atoms with Gasteiger partial charge in [-0.15, -0.1) is 10.2 Å². The van der Waals surface area contributed by atoms with E-state index in [-0.39, 0.29) is 11.0 Å². The van der Waals surface area contributed by atoms with Gasteiger partial charge in [0.05, 0.1) is 10.3 Å². The van der Waals surface area contributed by atoms with Crippen LogP contribution >= 0.6 is 23.4 Å². The summed E-state index contributed by atoms with van der Waals surface area (Å²) in [6, 6.07) is 17.9. The molecule has 4 rings (SSSR count). The molecule has 1 aliphatic rings. The highest BCUT2D eigenvalue weighted by Crippen LogP contribution is 2.42. The lowest BCUT2D eigenvalue weighted by molar-refractivity contribution is -0.116. The molecule has 4 nitrogen and oxygen atoms in total. The Bertz CT molecular complexity index is 967. The lowest BCUT2D eigenvalue weighted by atomic mass is 10.1. The van der Waals surface area contributed by atoms with Crippen molar-refractivity contribution < 1.29 is 4.79 Å². The van der Waals surface area contributed by atoms with Gasteiger partial charge in [-0.05, 0) is 37.5 Å². The second-order valence-corrected chi connectivity index (χ2v) is 8.59. The van der Waals surface area contributed by atoms with Crippen LogP contribution in [0.5, 0.6) is 0 Å². The van der Waals surface area contributed by atoms with Crippen LogP contribution in [-0.2, 0) is 4.79 Å². The highest BCUT2D eigenvalue weighted by molar-refractivity contribution is 8.00. The SMILES string of the molecule is CC(=O)[C@@H](Sc1nnc(-c2ccccc2Cl)n1C1CCCC1)c1ccccc1. The molecule has 0 aliphatic heterocycles. The smallest absolute Gasteiger partial charge is 0.192 e. The fourth-order valence-corrected chi connectivity index (χ4v) is 5.12. The van der Waals surface area contributed by atoms with Gasteiger partial charge in [-0.1, -0.05) is 78.7 Å². The summed E-state index contributed by atoms with van der Waals surface area (Å²) in [7, 11) is 0. The molecule has 1 saturated carbocycles. The van der Waals surface area contributed by atoms with Crippen LogP contribution in [0.25, 0.3) is 11.4 Å². The minimum Gasteiger partial charge on any atom is -0.299 e. The third kappa shape index (κ3) is 3.87. The van der Waals surface area contributed by atoms with Crippen LogP contribution in [0.3, 0.4) is 0 Å². The van der Waals surface area contributed by atoms with Gasteiger partial charge in [-0.2, -0.15) is 0 Å². The molecule has 144 valence electrons. The van der Waals surface area contributed by atoms with Crippen LogP contribution in [0, 0.1) is 0 Å². The molecule has 0 radical (unpaired) electrons. The van der Waals surface area contributed by atoms with E-state index in [0.717, 1.165) is 34.9 Å². The largest absolute Gasteiger partial charge is 0.299 e. The first-order valence-corrected chi connectivity index (χ1v) is 10.8. The molecule has 0 bridgehead atoms. The predicted octanol–water partition coefficient (Wildman–Crippen LogP) is 6.14. The molecule has 0 spiro atoms. The minimum atomic E-state index is -0.301. The lowest BCUT2D eigenvalue weighted by Gasteiger charge is -2.19. The summed E-state index contributed by atoms with van der Waals surface area (Å²) in [5.41, 5.74) is 1.87. The third-order valence-corrected chi connectivity index (χ3v) is 6.82. The summed E-state index contributed by atoms with van der Waals surface area (Å²) < 4.78 is 2.21. The molecule has 2 aromatic carbocycles. The second kappa shape index (κ2) is 8.50. The van der Waals surface area contributed by atoms with Crippen LogP contribution in [-0.4, -0.2) is 20.5 Å². The third-order valence-electron chi connectivity index (χ3n) is 5.16. The van der Waals surface area contributed by atoms with Crippen molar-refractivity contribution in [3.8, 4) is 11.4 Å². The van der Waals surface area contributed by atoms with Gasteiger partial charge in [0, 0.05) is 11.6 Å². The number of rotatable bonds is 6. The van der Waals surface area contributed by atoms with Crippen LogP contribution in [0.2, 0.25) is 5.02 Å². The maximum Gasteiger partial charge on any atom is 0.192 e. The van der Waals surface area contributed by atoms with Crippen molar-refractivity contribution in [2.45, 2.75) is 49.1 Å². The van der Waals surface area contributed by atoms with Crippen molar-refractivity contribution >= 4 is 29.1 Å². The number of carbonyl (C=O) groups is 1.